The van der Waals surface area contributed by atoms with Gasteiger partial charge in [0.15, 0.2) is 0 Å². The fourth-order valence-electron chi connectivity index (χ4n) is 11.4. The third-order valence-corrected chi connectivity index (χ3v) is 17.0. The third kappa shape index (κ3) is 65.7. The van der Waals surface area contributed by atoms with Crippen LogP contribution >= 0.6 is 0 Å². The highest BCUT2D eigenvalue weighted by Gasteiger charge is 2.24. The predicted octanol–water partition coefficient (Wildman–Crippen LogP) is 23.4. The van der Waals surface area contributed by atoms with Crippen LogP contribution in [0.4, 0.5) is 0 Å². The zero-order chi connectivity index (χ0) is 60.3. The van der Waals surface area contributed by atoms with E-state index in [1.54, 1.807) is 0 Å². The van der Waals surface area contributed by atoms with Crippen LogP contribution in [0.3, 0.4) is 0 Å². The van der Waals surface area contributed by atoms with Gasteiger partial charge in [0.2, 0.25) is 0 Å². The second-order valence-corrected chi connectivity index (χ2v) is 25.5. The molecule has 0 amide bonds. The molecule has 9 nitrogen and oxygen atoms in total. The van der Waals surface area contributed by atoms with Crippen LogP contribution in [0.25, 0.3) is 0 Å². The Bertz CT molecular complexity index is 1240. The molecule has 0 saturated heterocycles. The normalized spacial score (nSPS) is 11.5. The number of hydrogen-bond acceptors (Lipinski definition) is 9. The van der Waals surface area contributed by atoms with Crippen molar-refractivity contribution < 1.29 is 42.9 Å². The maximum Gasteiger partial charge on any atom is 0.305 e. The van der Waals surface area contributed by atoms with Gasteiger partial charge in [-0.3, -0.25) is 19.2 Å². The van der Waals surface area contributed by atoms with Crippen molar-refractivity contribution >= 4 is 23.9 Å². The van der Waals surface area contributed by atoms with E-state index in [1.165, 1.54) is 283 Å². The second-order valence-electron chi connectivity index (χ2n) is 25.5. The molecule has 0 aromatic rings. The van der Waals surface area contributed by atoms with Crippen molar-refractivity contribution in [1.29, 1.82) is 0 Å². The van der Waals surface area contributed by atoms with Gasteiger partial charge in [-0.1, -0.05) is 362 Å². The molecule has 0 saturated carbocycles. The topological polar surface area (TPSA) is 114 Å². The van der Waals surface area contributed by atoms with E-state index in [0.717, 1.165) is 77.0 Å². The Hall–Kier alpha value is -2.16. The first-order valence-electron chi connectivity index (χ1n) is 37.1. The van der Waals surface area contributed by atoms with Gasteiger partial charge in [-0.25, -0.2) is 0 Å². The number of esters is 4. The Labute approximate surface area is 516 Å². The summed E-state index contributed by atoms with van der Waals surface area (Å²) in [4.78, 5) is 52.4. The maximum atomic E-state index is 13.1. The lowest BCUT2D eigenvalue weighted by atomic mass is 10.0. The number of unbranched alkanes of at least 4 members (excludes halogenated alkanes) is 52. The minimum absolute atomic E-state index is 0.111. The monoisotopic (exact) mass is 1180 g/mol. The molecule has 83 heavy (non-hydrogen) atoms. The van der Waals surface area contributed by atoms with E-state index in [4.69, 9.17) is 23.7 Å². The van der Waals surface area contributed by atoms with Crippen molar-refractivity contribution in [3.63, 3.8) is 0 Å². The number of rotatable bonds is 70. The summed E-state index contributed by atoms with van der Waals surface area (Å²) in [5.74, 6) is -1.22. The quantitative estimate of drug-likeness (QED) is 0.0334. The van der Waals surface area contributed by atoms with Crippen molar-refractivity contribution in [2.24, 2.45) is 0 Å². The van der Waals surface area contributed by atoms with Crippen LogP contribution in [-0.4, -0.2) is 62.5 Å². The summed E-state index contributed by atoms with van der Waals surface area (Å²) in [7, 11) is 0. The van der Waals surface area contributed by atoms with Gasteiger partial charge in [0, 0.05) is 25.7 Å². The summed E-state index contributed by atoms with van der Waals surface area (Å²) in [6.07, 6.45) is 69.4. The molecule has 0 aliphatic rings. The largest absolute Gasteiger partial charge is 0.463 e. The summed E-state index contributed by atoms with van der Waals surface area (Å²) in [6, 6.07) is 0. The molecule has 0 aromatic heterocycles. The standard InChI is InChI=1S/C74H142O9/c1-5-9-13-17-21-25-29-33-35-39-43-47-51-55-59-63-73(77)81-67-70(68-82-74(78)64-60-56-52-48-44-40-36-34-30-26-22-18-14-10-6-2)83-69(65-79-71(75)61-57-53-49-45-41-37-31-27-23-19-15-11-7-3)66-80-72(76)62-58-54-50-46-42-38-32-28-24-20-16-12-8-4/h69-70H,5-68H2,1-4H3. The molecule has 0 spiro atoms. The van der Waals surface area contributed by atoms with E-state index in [-0.39, 0.29) is 50.3 Å². The van der Waals surface area contributed by atoms with Crippen molar-refractivity contribution in [2.75, 3.05) is 26.4 Å². The maximum absolute atomic E-state index is 13.1. The lowest BCUT2D eigenvalue weighted by Crippen LogP contribution is -2.37. The molecule has 0 bridgehead atoms. The molecule has 9 heteroatoms. The lowest BCUT2D eigenvalue weighted by molar-refractivity contribution is -0.170. The van der Waals surface area contributed by atoms with Gasteiger partial charge in [0.25, 0.3) is 0 Å². The number of carbonyl (C=O) groups is 4. The average molecular weight is 1180 g/mol. The van der Waals surface area contributed by atoms with E-state index < -0.39 is 12.2 Å². The van der Waals surface area contributed by atoms with Gasteiger partial charge >= 0.3 is 23.9 Å². The zero-order valence-electron chi connectivity index (χ0n) is 56.1. The molecule has 0 heterocycles. The molecule has 0 aliphatic carbocycles. The Morgan fingerprint density at radius 2 is 0.313 bits per heavy atom. The molecule has 0 unspecified atom stereocenters. The van der Waals surface area contributed by atoms with Gasteiger partial charge in [-0.2, -0.15) is 0 Å². The fraction of sp³-hybridized carbons (Fsp3) is 0.946. The predicted molar refractivity (Wildman–Crippen MR) is 352 cm³/mol. The zero-order valence-corrected chi connectivity index (χ0v) is 56.1. The highest BCUT2D eigenvalue weighted by Crippen LogP contribution is 2.19. The van der Waals surface area contributed by atoms with Crippen molar-refractivity contribution in [2.45, 2.75) is 425 Å². The molecular weight excluding hydrogens is 1030 g/mol. The van der Waals surface area contributed by atoms with Crippen LogP contribution in [0.5, 0.6) is 0 Å². The lowest BCUT2D eigenvalue weighted by Gasteiger charge is -2.24. The molecule has 0 N–H and O–H groups in total. The first-order valence-corrected chi connectivity index (χ1v) is 37.1. The molecule has 0 rings (SSSR count). The molecule has 0 fully saturated rings. The van der Waals surface area contributed by atoms with E-state index in [0.29, 0.717) is 25.7 Å². The minimum Gasteiger partial charge on any atom is -0.463 e. The van der Waals surface area contributed by atoms with Gasteiger partial charge in [0.1, 0.15) is 38.6 Å². The molecule has 0 aliphatic heterocycles. The van der Waals surface area contributed by atoms with Crippen LogP contribution in [0.2, 0.25) is 0 Å². The van der Waals surface area contributed by atoms with Crippen molar-refractivity contribution in [3.05, 3.63) is 0 Å². The summed E-state index contributed by atoms with van der Waals surface area (Å²) < 4.78 is 29.6. The number of ether oxygens (including phenoxy) is 5. The SMILES string of the molecule is CCCCCCCCCCCCCCCCCC(=O)OCC(COC(=O)CCCCCCCCCCCCCCCCC)OC(COC(=O)CCCCCCCCCCCCCCC)COC(=O)CCCCCCCCCCCCCCC. The second kappa shape index (κ2) is 68.9. The molecular formula is C74H142O9. The van der Waals surface area contributed by atoms with Gasteiger partial charge < -0.3 is 23.7 Å². The summed E-state index contributed by atoms with van der Waals surface area (Å²) in [5.41, 5.74) is 0. The first-order chi connectivity index (χ1) is 40.9. The van der Waals surface area contributed by atoms with Crippen LogP contribution in [0.1, 0.15) is 413 Å². The van der Waals surface area contributed by atoms with Crippen molar-refractivity contribution in [1.82, 2.24) is 0 Å². The molecule has 0 atom stereocenters. The summed E-state index contributed by atoms with van der Waals surface area (Å²) in [5, 5.41) is 0. The van der Waals surface area contributed by atoms with Gasteiger partial charge in [0.05, 0.1) is 0 Å². The molecule has 0 radical (unpaired) electrons. The number of hydrogen-bond donors (Lipinski definition) is 0. The fourth-order valence-corrected chi connectivity index (χ4v) is 11.4. The third-order valence-electron chi connectivity index (χ3n) is 17.0. The average Bonchev–Trinajstić information content (AvgIpc) is 3.48. The highest BCUT2D eigenvalue weighted by molar-refractivity contribution is 5.70. The van der Waals surface area contributed by atoms with E-state index in [2.05, 4.69) is 27.7 Å². The number of carbonyl (C=O) groups excluding carboxylic acids is 4. The van der Waals surface area contributed by atoms with Crippen LogP contribution < -0.4 is 0 Å². The van der Waals surface area contributed by atoms with Gasteiger partial charge in [-0.15, -0.1) is 0 Å². The smallest absolute Gasteiger partial charge is 0.305 e. The highest BCUT2D eigenvalue weighted by atomic mass is 16.6. The minimum atomic E-state index is -0.811. The van der Waals surface area contributed by atoms with Crippen LogP contribution in [0, 0.1) is 0 Å². The summed E-state index contributed by atoms with van der Waals surface area (Å²) >= 11 is 0. The van der Waals surface area contributed by atoms with Crippen LogP contribution in [-0.2, 0) is 42.9 Å². The molecule has 0 aromatic carbocycles. The van der Waals surface area contributed by atoms with E-state index in [9.17, 15) is 19.2 Å². The van der Waals surface area contributed by atoms with Gasteiger partial charge in [-0.05, 0) is 25.7 Å². The Morgan fingerprint density at radius 1 is 0.193 bits per heavy atom. The van der Waals surface area contributed by atoms with Crippen molar-refractivity contribution in [3.8, 4) is 0 Å². The first kappa shape index (κ1) is 80.8. The van der Waals surface area contributed by atoms with E-state index in [1.807, 2.05) is 0 Å². The Kier molecular flexibility index (Phi) is 67.2. The Morgan fingerprint density at radius 3 is 0.446 bits per heavy atom. The van der Waals surface area contributed by atoms with E-state index >= 15 is 0 Å². The molecule has 492 valence electrons. The Balaban J connectivity index is 5.29. The summed E-state index contributed by atoms with van der Waals surface area (Å²) in [6.45, 7) is 8.63. The van der Waals surface area contributed by atoms with Crippen LogP contribution in [0.15, 0.2) is 0 Å².